The second kappa shape index (κ2) is 4.62. The molecule has 1 aromatic rings. The molecule has 2 heterocycles. The van der Waals surface area contributed by atoms with Crippen molar-refractivity contribution in [3.8, 4) is 0 Å². The summed E-state index contributed by atoms with van der Waals surface area (Å²) in [5.74, 6) is 1.68. The number of furan rings is 1. The average Bonchev–Trinajstić information content (AvgIpc) is 2.87. The normalized spacial score (nSPS) is 23.9. The maximum atomic E-state index is 5.32. The summed E-state index contributed by atoms with van der Waals surface area (Å²) in [7, 11) is 0. The molecule has 3 heteroatoms. The lowest BCUT2D eigenvalue weighted by Crippen LogP contribution is -2.25. The first-order valence-corrected chi connectivity index (χ1v) is 5.21. The van der Waals surface area contributed by atoms with Crippen LogP contribution < -0.4 is 5.32 Å². The Labute approximate surface area is 84.4 Å². The molecule has 1 fully saturated rings. The Balaban J connectivity index is 1.74. The first kappa shape index (κ1) is 9.74. The summed E-state index contributed by atoms with van der Waals surface area (Å²) >= 11 is 0. The monoisotopic (exact) mass is 195 g/mol. The van der Waals surface area contributed by atoms with Crippen molar-refractivity contribution in [1.29, 1.82) is 0 Å². The van der Waals surface area contributed by atoms with Gasteiger partial charge in [-0.15, -0.1) is 0 Å². The largest absolute Gasteiger partial charge is 0.468 e. The Hall–Kier alpha value is -0.800. The molecule has 2 atom stereocenters. The Bertz CT molecular complexity index is 252. The van der Waals surface area contributed by atoms with Gasteiger partial charge in [0, 0.05) is 13.2 Å². The molecule has 1 N–H and O–H groups in total. The quantitative estimate of drug-likeness (QED) is 0.797. The van der Waals surface area contributed by atoms with Gasteiger partial charge in [-0.2, -0.15) is 0 Å². The molecule has 1 aliphatic rings. The van der Waals surface area contributed by atoms with E-state index in [1.165, 1.54) is 6.42 Å². The molecule has 1 unspecified atom stereocenters. The van der Waals surface area contributed by atoms with Gasteiger partial charge in [-0.25, -0.2) is 0 Å². The van der Waals surface area contributed by atoms with E-state index in [-0.39, 0.29) is 0 Å². The van der Waals surface area contributed by atoms with Crippen LogP contribution in [0.25, 0.3) is 0 Å². The number of hydrogen-bond acceptors (Lipinski definition) is 3. The highest BCUT2D eigenvalue weighted by atomic mass is 16.5. The second-order valence-electron chi connectivity index (χ2n) is 3.87. The van der Waals surface area contributed by atoms with Crippen LogP contribution in [0, 0.1) is 5.92 Å². The lowest BCUT2D eigenvalue weighted by molar-refractivity contribution is 0.184. The third kappa shape index (κ3) is 2.36. The van der Waals surface area contributed by atoms with Gasteiger partial charge < -0.3 is 14.5 Å². The summed E-state index contributed by atoms with van der Waals surface area (Å²) in [6.45, 7) is 4.95. The van der Waals surface area contributed by atoms with Gasteiger partial charge in [0.2, 0.25) is 0 Å². The van der Waals surface area contributed by atoms with Gasteiger partial charge in [0.15, 0.2) is 0 Å². The Morgan fingerprint density at radius 1 is 1.64 bits per heavy atom. The zero-order chi connectivity index (χ0) is 9.80. The lowest BCUT2D eigenvalue weighted by Gasteiger charge is -2.14. The molecule has 1 saturated heterocycles. The summed E-state index contributed by atoms with van der Waals surface area (Å²) in [6.07, 6.45) is 2.89. The minimum atomic E-state index is 0.297. The highest BCUT2D eigenvalue weighted by Crippen LogP contribution is 2.15. The third-order valence-corrected chi connectivity index (χ3v) is 2.71. The van der Waals surface area contributed by atoms with Crippen LogP contribution in [0.1, 0.15) is 25.1 Å². The zero-order valence-corrected chi connectivity index (χ0v) is 8.53. The fourth-order valence-electron chi connectivity index (χ4n) is 1.73. The average molecular weight is 195 g/mol. The standard InChI is InChI=1S/C11H17NO2/c1-9(11-3-2-5-14-11)12-7-10-4-6-13-8-10/h2-3,5,9-10,12H,4,6-8H2,1H3/t9-,10?/m0/s1. The summed E-state index contributed by atoms with van der Waals surface area (Å²) in [4.78, 5) is 0. The molecule has 1 aromatic heterocycles. The minimum absolute atomic E-state index is 0.297. The van der Waals surface area contributed by atoms with Gasteiger partial charge in [-0.3, -0.25) is 0 Å². The van der Waals surface area contributed by atoms with Crippen LogP contribution in [0.3, 0.4) is 0 Å². The van der Waals surface area contributed by atoms with Crippen molar-refractivity contribution in [2.75, 3.05) is 19.8 Å². The molecule has 14 heavy (non-hydrogen) atoms. The summed E-state index contributed by atoms with van der Waals surface area (Å²) in [5.41, 5.74) is 0. The Morgan fingerprint density at radius 3 is 3.21 bits per heavy atom. The third-order valence-electron chi connectivity index (χ3n) is 2.71. The fourth-order valence-corrected chi connectivity index (χ4v) is 1.73. The van der Waals surface area contributed by atoms with Gasteiger partial charge in [-0.1, -0.05) is 0 Å². The maximum absolute atomic E-state index is 5.32. The van der Waals surface area contributed by atoms with E-state index in [4.69, 9.17) is 9.15 Å². The van der Waals surface area contributed by atoms with E-state index in [2.05, 4.69) is 12.2 Å². The lowest BCUT2D eigenvalue weighted by atomic mass is 10.1. The second-order valence-corrected chi connectivity index (χ2v) is 3.87. The first-order valence-electron chi connectivity index (χ1n) is 5.21. The molecule has 0 radical (unpaired) electrons. The number of hydrogen-bond donors (Lipinski definition) is 1. The van der Waals surface area contributed by atoms with Gasteiger partial charge in [0.05, 0.1) is 18.9 Å². The van der Waals surface area contributed by atoms with E-state index in [0.717, 1.165) is 25.5 Å². The fraction of sp³-hybridized carbons (Fsp3) is 0.636. The van der Waals surface area contributed by atoms with Crippen molar-refractivity contribution < 1.29 is 9.15 Å². The van der Waals surface area contributed by atoms with E-state index >= 15 is 0 Å². The van der Waals surface area contributed by atoms with Crippen molar-refractivity contribution in [2.24, 2.45) is 5.92 Å². The van der Waals surface area contributed by atoms with Crippen LogP contribution in [-0.2, 0) is 4.74 Å². The van der Waals surface area contributed by atoms with Crippen LogP contribution in [0.4, 0.5) is 0 Å². The van der Waals surface area contributed by atoms with E-state index in [9.17, 15) is 0 Å². The molecule has 0 aliphatic carbocycles. The summed E-state index contributed by atoms with van der Waals surface area (Å²) < 4.78 is 10.6. The number of nitrogens with one attached hydrogen (secondary N) is 1. The van der Waals surface area contributed by atoms with E-state index in [1.54, 1.807) is 6.26 Å². The van der Waals surface area contributed by atoms with Crippen molar-refractivity contribution in [1.82, 2.24) is 5.32 Å². The highest BCUT2D eigenvalue weighted by Gasteiger charge is 2.16. The predicted molar refractivity (Wildman–Crippen MR) is 54.1 cm³/mol. The van der Waals surface area contributed by atoms with Crippen molar-refractivity contribution in [3.05, 3.63) is 24.2 Å². The number of rotatable bonds is 4. The molecule has 3 nitrogen and oxygen atoms in total. The molecule has 0 aromatic carbocycles. The van der Waals surface area contributed by atoms with E-state index in [0.29, 0.717) is 12.0 Å². The topological polar surface area (TPSA) is 34.4 Å². The van der Waals surface area contributed by atoms with Crippen LogP contribution in [-0.4, -0.2) is 19.8 Å². The highest BCUT2D eigenvalue weighted by molar-refractivity contribution is 5.02. The van der Waals surface area contributed by atoms with Crippen molar-refractivity contribution in [3.63, 3.8) is 0 Å². The number of ether oxygens (including phenoxy) is 1. The van der Waals surface area contributed by atoms with E-state index in [1.807, 2.05) is 12.1 Å². The van der Waals surface area contributed by atoms with Crippen LogP contribution in [0.15, 0.2) is 22.8 Å². The molecule has 0 bridgehead atoms. The van der Waals surface area contributed by atoms with E-state index < -0.39 is 0 Å². The molecule has 78 valence electrons. The van der Waals surface area contributed by atoms with Gasteiger partial charge in [0.1, 0.15) is 5.76 Å². The first-order chi connectivity index (χ1) is 6.86. The molecule has 0 spiro atoms. The minimum Gasteiger partial charge on any atom is -0.468 e. The zero-order valence-electron chi connectivity index (χ0n) is 8.53. The summed E-state index contributed by atoms with van der Waals surface area (Å²) in [6, 6.07) is 4.22. The van der Waals surface area contributed by atoms with Crippen molar-refractivity contribution >= 4 is 0 Å². The van der Waals surface area contributed by atoms with Gasteiger partial charge >= 0.3 is 0 Å². The van der Waals surface area contributed by atoms with Crippen LogP contribution in [0.2, 0.25) is 0 Å². The van der Waals surface area contributed by atoms with Crippen LogP contribution >= 0.6 is 0 Å². The molecule has 0 amide bonds. The smallest absolute Gasteiger partial charge is 0.120 e. The van der Waals surface area contributed by atoms with Crippen molar-refractivity contribution in [2.45, 2.75) is 19.4 Å². The summed E-state index contributed by atoms with van der Waals surface area (Å²) in [5, 5.41) is 3.45. The van der Waals surface area contributed by atoms with Gasteiger partial charge in [-0.05, 0) is 31.4 Å². The molecular formula is C11H17NO2. The Morgan fingerprint density at radius 2 is 2.57 bits per heavy atom. The molecule has 0 saturated carbocycles. The molecule has 2 rings (SSSR count). The molecule has 1 aliphatic heterocycles. The van der Waals surface area contributed by atoms with Gasteiger partial charge in [0.25, 0.3) is 0 Å². The van der Waals surface area contributed by atoms with Crippen LogP contribution in [0.5, 0.6) is 0 Å². The molecular weight excluding hydrogens is 178 g/mol. The Kier molecular flexibility index (Phi) is 3.22. The SMILES string of the molecule is C[C@H](NCC1CCOC1)c1ccco1. The maximum Gasteiger partial charge on any atom is 0.120 e. The predicted octanol–water partition coefficient (Wildman–Crippen LogP) is 1.97.